The van der Waals surface area contributed by atoms with E-state index in [1.165, 1.54) is 0 Å². The van der Waals surface area contributed by atoms with Gasteiger partial charge in [-0.15, -0.1) is 0 Å². The van der Waals surface area contributed by atoms with Crippen molar-refractivity contribution in [1.82, 2.24) is 9.88 Å². The van der Waals surface area contributed by atoms with E-state index in [2.05, 4.69) is 4.98 Å². The highest BCUT2D eigenvalue weighted by molar-refractivity contribution is 5.76. The van der Waals surface area contributed by atoms with Crippen LogP contribution in [0.3, 0.4) is 0 Å². The van der Waals surface area contributed by atoms with Gasteiger partial charge in [-0.25, -0.2) is 4.98 Å². The third-order valence-electron chi connectivity index (χ3n) is 4.66. The number of hydrogen-bond donors (Lipinski definition) is 1. The molecule has 1 aromatic carbocycles. The number of aromatic nitrogens is 1. The second kappa shape index (κ2) is 9.50. The van der Waals surface area contributed by atoms with Crippen LogP contribution in [0.2, 0.25) is 0 Å². The van der Waals surface area contributed by atoms with Gasteiger partial charge in [0, 0.05) is 38.1 Å². The number of benzene rings is 1. The van der Waals surface area contributed by atoms with Gasteiger partial charge in [-0.05, 0) is 25.8 Å². The Morgan fingerprint density at radius 3 is 2.77 bits per heavy atom. The highest BCUT2D eigenvalue weighted by Gasteiger charge is 2.23. The highest BCUT2D eigenvalue weighted by atomic mass is 16.5. The average molecular weight is 357 g/mol. The van der Waals surface area contributed by atoms with E-state index in [1.54, 1.807) is 6.20 Å². The number of amides is 1. The third-order valence-corrected chi connectivity index (χ3v) is 4.66. The molecule has 1 aliphatic heterocycles. The summed E-state index contributed by atoms with van der Waals surface area (Å²) in [6.45, 7) is 2.88. The van der Waals surface area contributed by atoms with Crippen LogP contribution in [0.25, 0.3) is 11.3 Å². The molecular formula is C20H27N3O3. The lowest BCUT2D eigenvalue weighted by Crippen LogP contribution is -2.41. The summed E-state index contributed by atoms with van der Waals surface area (Å²) in [5, 5.41) is 0. The summed E-state index contributed by atoms with van der Waals surface area (Å²) in [4.78, 5) is 18.6. The van der Waals surface area contributed by atoms with Crippen molar-refractivity contribution in [3.05, 3.63) is 42.4 Å². The van der Waals surface area contributed by atoms with Gasteiger partial charge < -0.3 is 19.8 Å². The quantitative estimate of drug-likeness (QED) is 0.735. The van der Waals surface area contributed by atoms with Crippen LogP contribution in [0.4, 0.5) is 0 Å². The van der Waals surface area contributed by atoms with Gasteiger partial charge >= 0.3 is 0 Å². The summed E-state index contributed by atoms with van der Waals surface area (Å²) in [7, 11) is 0. The Kier molecular flexibility index (Phi) is 6.80. The molecule has 2 aromatic rings. The van der Waals surface area contributed by atoms with Crippen LogP contribution in [0.1, 0.15) is 31.6 Å². The number of oxazole rings is 1. The molecule has 1 saturated heterocycles. The summed E-state index contributed by atoms with van der Waals surface area (Å²) in [5.74, 6) is 1.51. The predicted octanol–water partition coefficient (Wildman–Crippen LogP) is 2.63. The van der Waals surface area contributed by atoms with Crippen LogP contribution in [0, 0.1) is 0 Å². The van der Waals surface area contributed by atoms with Crippen LogP contribution in [0.15, 0.2) is 40.9 Å². The molecule has 26 heavy (non-hydrogen) atoms. The molecule has 140 valence electrons. The van der Waals surface area contributed by atoms with Gasteiger partial charge in [0.15, 0.2) is 11.7 Å². The monoisotopic (exact) mass is 357 g/mol. The fourth-order valence-electron chi connectivity index (χ4n) is 3.14. The Hall–Kier alpha value is -2.18. The van der Waals surface area contributed by atoms with Crippen molar-refractivity contribution in [2.75, 3.05) is 26.2 Å². The minimum atomic E-state index is 0.157. The molecule has 6 nitrogen and oxygen atoms in total. The highest BCUT2D eigenvalue weighted by Crippen LogP contribution is 2.21. The maximum absolute atomic E-state index is 12.4. The van der Waals surface area contributed by atoms with E-state index in [4.69, 9.17) is 14.9 Å². The molecule has 1 fully saturated rings. The van der Waals surface area contributed by atoms with E-state index in [0.717, 1.165) is 43.7 Å². The van der Waals surface area contributed by atoms with Crippen molar-refractivity contribution < 1.29 is 13.9 Å². The van der Waals surface area contributed by atoms with Crippen molar-refractivity contribution in [2.24, 2.45) is 5.73 Å². The first-order valence-corrected chi connectivity index (χ1v) is 9.36. The van der Waals surface area contributed by atoms with E-state index in [-0.39, 0.29) is 12.0 Å². The molecule has 0 unspecified atom stereocenters. The Balaban J connectivity index is 1.42. The first-order chi connectivity index (χ1) is 12.8. The first kappa shape index (κ1) is 18.6. The SMILES string of the molecule is NCCCOC1CCN(C(=O)CCc2ncc(-c3ccccc3)o2)CC1. The lowest BCUT2D eigenvalue weighted by atomic mass is 10.1. The van der Waals surface area contributed by atoms with Crippen molar-refractivity contribution in [2.45, 2.75) is 38.2 Å². The minimum absolute atomic E-state index is 0.157. The molecule has 0 radical (unpaired) electrons. The minimum Gasteiger partial charge on any atom is -0.441 e. The molecule has 0 bridgehead atoms. The smallest absolute Gasteiger partial charge is 0.223 e. The van der Waals surface area contributed by atoms with Crippen molar-refractivity contribution in [1.29, 1.82) is 0 Å². The number of nitrogens with two attached hydrogens (primary N) is 1. The largest absolute Gasteiger partial charge is 0.441 e. The zero-order valence-corrected chi connectivity index (χ0v) is 15.1. The predicted molar refractivity (Wildman–Crippen MR) is 99.5 cm³/mol. The van der Waals surface area contributed by atoms with Gasteiger partial charge in [0.05, 0.1) is 12.3 Å². The molecule has 6 heteroatoms. The number of hydrogen-bond acceptors (Lipinski definition) is 5. The molecule has 3 rings (SSSR count). The van der Waals surface area contributed by atoms with Gasteiger partial charge in [-0.1, -0.05) is 30.3 Å². The van der Waals surface area contributed by atoms with Gasteiger partial charge in [0.1, 0.15) is 0 Å². The summed E-state index contributed by atoms with van der Waals surface area (Å²) in [6, 6.07) is 9.85. The van der Waals surface area contributed by atoms with Crippen LogP contribution in [-0.4, -0.2) is 48.1 Å². The van der Waals surface area contributed by atoms with Gasteiger partial charge in [0.2, 0.25) is 5.91 Å². The topological polar surface area (TPSA) is 81.6 Å². The number of rotatable bonds is 8. The Bertz CT molecular complexity index is 679. The maximum Gasteiger partial charge on any atom is 0.223 e. The molecule has 2 heterocycles. The number of nitrogens with zero attached hydrogens (tertiary/aromatic N) is 2. The summed E-state index contributed by atoms with van der Waals surface area (Å²) < 4.78 is 11.5. The van der Waals surface area contributed by atoms with Gasteiger partial charge in [0.25, 0.3) is 0 Å². The second-order valence-electron chi connectivity index (χ2n) is 6.58. The molecule has 0 aliphatic carbocycles. The number of aryl methyl sites for hydroxylation is 1. The lowest BCUT2D eigenvalue weighted by Gasteiger charge is -2.32. The van der Waals surface area contributed by atoms with E-state index < -0.39 is 0 Å². The molecule has 0 saturated carbocycles. The van der Waals surface area contributed by atoms with E-state index >= 15 is 0 Å². The van der Waals surface area contributed by atoms with Crippen molar-refractivity contribution in [3.8, 4) is 11.3 Å². The summed E-state index contributed by atoms with van der Waals surface area (Å²) in [5.41, 5.74) is 6.47. The van der Waals surface area contributed by atoms with Crippen LogP contribution in [-0.2, 0) is 16.0 Å². The third kappa shape index (κ3) is 5.16. The number of piperidine rings is 1. The van der Waals surface area contributed by atoms with Crippen LogP contribution < -0.4 is 5.73 Å². The lowest BCUT2D eigenvalue weighted by molar-refractivity contribution is -0.133. The first-order valence-electron chi connectivity index (χ1n) is 9.36. The van der Waals surface area contributed by atoms with Crippen molar-refractivity contribution in [3.63, 3.8) is 0 Å². The fourth-order valence-corrected chi connectivity index (χ4v) is 3.14. The maximum atomic E-state index is 12.4. The summed E-state index contributed by atoms with van der Waals surface area (Å²) >= 11 is 0. The second-order valence-corrected chi connectivity index (χ2v) is 6.58. The molecule has 2 N–H and O–H groups in total. The Morgan fingerprint density at radius 1 is 1.27 bits per heavy atom. The van der Waals surface area contributed by atoms with Crippen LogP contribution in [0.5, 0.6) is 0 Å². The van der Waals surface area contributed by atoms with Gasteiger partial charge in [-0.2, -0.15) is 0 Å². The normalized spacial score (nSPS) is 15.3. The zero-order chi connectivity index (χ0) is 18.2. The van der Waals surface area contributed by atoms with E-state index in [0.29, 0.717) is 31.9 Å². The average Bonchev–Trinajstić information content (AvgIpc) is 3.17. The zero-order valence-electron chi connectivity index (χ0n) is 15.1. The molecule has 1 aliphatic rings. The number of carbonyl (C=O) groups excluding carboxylic acids is 1. The molecule has 1 aromatic heterocycles. The molecular weight excluding hydrogens is 330 g/mol. The number of carbonyl (C=O) groups is 1. The van der Waals surface area contributed by atoms with E-state index in [9.17, 15) is 4.79 Å². The fraction of sp³-hybridized carbons (Fsp3) is 0.500. The summed E-state index contributed by atoms with van der Waals surface area (Å²) in [6.07, 6.45) is 5.61. The Morgan fingerprint density at radius 2 is 2.04 bits per heavy atom. The molecule has 1 amide bonds. The molecule has 0 spiro atoms. The van der Waals surface area contributed by atoms with E-state index in [1.807, 2.05) is 35.2 Å². The van der Waals surface area contributed by atoms with Gasteiger partial charge in [-0.3, -0.25) is 4.79 Å². The van der Waals surface area contributed by atoms with Crippen molar-refractivity contribution >= 4 is 5.91 Å². The number of ether oxygens (including phenoxy) is 1. The standard InChI is InChI=1S/C20H27N3O3/c21-11-4-14-25-17-9-12-23(13-10-17)20(24)8-7-19-22-15-18(26-19)16-5-2-1-3-6-16/h1-3,5-6,15,17H,4,7-14,21H2. The molecule has 0 atom stereocenters. The van der Waals surface area contributed by atoms with Crippen LogP contribution >= 0.6 is 0 Å². The Labute approximate surface area is 154 Å². The number of likely N-dealkylation sites (tertiary alicyclic amines) is 1.